The number of nitrogens with zero attached hydrogens (tertiary/aromatic N) is 1. The quantitative estimate of drug-likeness (QED) is 0.402. The van der Waals surface area contributed by atoms with Crippen molar-refractivity contribution < 1.29 is 0 Å². The van der Waals surface area contributed by atoms with Gasteiger partial charge in [-0.15, -0.1) is 0 Å². The van der Waals surface area contributed by atoms with Gasteiger partial charge in [0, 0.05) is 25.3 Å². The van der Waals surface area contributed by atoms with Crippen molar-refractivity contribution in [3.8, 4) is 0 Å². The molecule has 0 unspecified atom stereocenters. The summed E-state index contributed by atoms with van der Waals surface area (Å²) < 4.78 is 0. The lowest BCUT2D eigenvalue weighted by molar-refractivity contribution is 0.284. The lowest BCUT2D eigenvalue weighted by atomic mass is 9.86. The van der Waals surface area contributed by atoms with E-state index < -0.39 is 0 Å². The normalized spacial score (nSPS) is 16.3. The molecule has 2 nitrogen and oxygen atoms in total. The highest BCUT2D eigenvalue weighted by molar-refractivity contribution is 5.94. The summed E-state index contributed by atoms with van der Waals surface area (Å²) in [6, 6.07) is 25.7. The van der Waals surface area contributed by atoms with E-state index in [2.05, 4.69) is 89.9 Å². The molecule has 5 rings (SSSR count). The first kappa shape index (κ1) is 19.6. The molecule has 3 aromatic rings. The van der Waals surface area contributed by atoms with Gasteiger partial charge in [-0.25, -0.2) is 0 Å². The van der Waals surface area contributed by atoms with E-state index in [1.807, 2.05) is 12.1 Å². The van der Waals surface area contributed by atoms with E-state index in [4.69, 9.17) is 5.73 Å². The van der Waals surface area contributed by atoms with E-state index in [9.17, 15) is 0 Å². The van der Waals surface area contributed by atoms with E-state index in [1.54, 1.807) is 5.57 Å². The van der Waals surface area contributed by atoms with Crippen molar-refractivity contribution in [1.82, 2.24) is 4.90 Å². The van der Waals surface area contributed by atoms with Gasteiger partial charge in [0.1, 0.15) is 0 Å². The second-order valence-corrected chi connectivity index (χ2v) is 8.36. The fourth-order valence-corrected chi connectivity index (χ4v) is 4.65. The lowest BCUT2D eigenvalue weighted by Crippen LogP contribution is -2.31. The van der Waals surface area contributed by atoms with E-state index in [0.29, 0.717) is 0 Å². The third-order valence-electron chi connectivity index (χ3n) is 6.33. The first-order valence-electron chi connectivity index (χ1n) is 11.1. The van der Waals surface area contributed by atoms with Crippen LogP contribution in [0.3, 0.4) is 0 Å². The summed E-state index contributed by atoms with van der Waals surface area (Å²) in [5, 5.41) is 0. The van der Waals surface area contributed by atoms with Crippen LogP contribution >= 0.6 is 0 Å². The molecule has 0 atom stereocenters. The number of piperidine rings is 1. The average Bonchev–Trinajstić information content (AvgIpc) is 2.98. The molecular weight excluding hydrogens is 376 g/mol. The molecule has 1 heterocycles. The van der Waals surface area contributed by atoms with Crippen molar-refractivity contribution in [3.05, 3.63) is 112 Å². The Morgan fingerprint density at radius 1 is 0.742 bits per heavy atom. The van der Waals surface area contributed by atoms with Crippen LogP contribution in [-0.2, 0) is 0 Å². The fourth-order valence-electron chi connectivity index (χ4n) is 4.65. The summed E-state index contributed by atoms with van der Waals surface area (Å²) >= 11 is 0. The molecule has 0 radical (unpaired) electrons. The molecule has 0 aromatic heterocycles. The highest BCUT2D eigenvalue weighted by Gasteiger charge is 2.21. The van der Waals surface area contributed by atoms with Crippen LogP contribution in [0, 0.1) is 0 Å². The lowest BCUT2D eigenvalue weighted by Gasteiger charge is -2.29. The minimum absolute atomic E-state index is 0.811. The van der Waals surface area contributed by atoms with Crippen LogP contribution in [-0.4, -0.2) is 24.5 Å². The molecular formula is C29H28N2. The van der Waals surface area contributed by atoms with Gasteiger partial charge in [-0.1, -0.05) is 90.5 Å². The van der Waals surface area contributed by atoms with Crippen LogP contribution < -0.4 is 5.73 Å². The number of nitrogen functional groups attached to an aromatic ring is 1. The zero-order chi connectivity index (χ0) is 21.0. The Morgan fingerprint density at radius 3 is 1.94 bits per heavy atom. The van der Waals surface area contributed by atoms with Crippen LogP contribution in [0.1, 0.15) is 40.7 Å². The van der Waals surface area contributed by atoms with Gasteiger partial charge < -0.3 is 5.73 Å². The summed E-state index contributed by atoms with van der Waals surface area (Å²) in [6.07, 6.45) is 11.2. The predicted octanol–water partition coefficient (Wildman–Crippen LogP) is 6.36. The van der Waals surface area contributed by atoms with Gasteiger partial charge in [0.25, 0.3) is 0 Å². The largest absolute Gasteiger partial charge is 0.399 e. The summed E-state index contributed by atoms with van der Waals surface area (Å²) in [4.78, 5) is 2.55. The number of rotatable bonds is 3. The third kappa shape index (κ3) is 4.26. The van der Waals surface area contributed by atoms with Crippen molar-refractivity contribution >= 4 is 29.5 Å². The summed E-state index contributed by atoms with van der Waals surface area (Å²) in [5.74, 6) is 0. The fraction of sp³-hybridized carbons (Fsp3) is 0.172. The third-order valence-corrected chi connectivity index (χ3v) is 6.33. The van der Waals surface area contributed by atoms with E-state index in [-0.39, 0.29) is 0 Å². The summed E-state index contributed by atoms with van der Waals surface area (Å²) in [5.41, 5.74) is 16.2. The van der Waals surface area contributed by atoms with Gasteiger partial charge in [-0.2, -0.15) is 0 Å². The average molecular weight is 405 g/mol. The Kier molecular flexibility index (Phi) is 5.56. The number of benzene rings is 3. The number of likely N-dealkylation sites (tertiary alicyclic amines) is 1. The first-order chi connectivity index (χ1) is 15.3. The number of nitrogens with two attached hydrogens (primary N) is 1. The Balaban J connectivity index is 1.36. The van der Waals surface area contributed by atoms with Gasteiger partial charge in [0.05, 0.1) is 0 Å². The number of fused-ring (bicyclic) bond motifs is 2. The summed E-state index contributed by atoms with van der Waals surface area (Å²) in [7, 11) is 0. The standard InChI is InChI=1S/C29H28N2/c30-26-15-11-22(12-16-26)6-5-19-31-20-17-25(18-21-31)29-27-9-3-1-7-23(27)13-14-24-8-2-4-10-28(24)29/h1-16H,17-21,30H2. The number of anilines is 1. The molecule has 2 N–H and O–H groups in total. The van der Waals surface area contributed by atoms with Crippen LogP contribution in [0.4, 0.5) is 5.69 Å². The molecule has 1 saturated heterocycles. The topological polar surface area (TPSA) is 29.3 Å². The second kappa shape index (κ2) is 8.79. The molecule has 0 amide bonds. The molecule has 1 aliphatic heterocycles. The Morgan fingerprint density at radius 2 is 1.32 bits per heavy atom. The molecule has 0 bridgehead atoms. The highest BCUT2D eigenvalue weighted by Crippen LogP contribution is 2.38. The van der Waals surface area contributed by atoms with Gasteiger partial charge in [-0.05, 0) is 58.4 Å². The van der Waals surface area contributed by atoms with Crippen LogP contribution in [0.5, 0.6) is 0 Å². The monoisotopic (exact) mass is 404 g/mol. The maximum Gasteiger partial charge on any atom is 0.0314 e. The second-order valence-electron chi connectivity index (χ2n) is 8.36. The molecule has 2 heteroatoms. The van der Waals surface area contributed by atoms with Crippen LogP contribution in [0.2, 0.25) is 0 Å². The SMILES string of the molecule is Nc1ccc(C=CCN2CCC(=C3c4ccccc4C=Cc4ccccc43)CC2)cc1. The van der Waals surface area contributed by atoms with Crippen molar-refractivity contribution in [2.75, 3.05) is 25.4 Å². The zero-order valence-electron chi connectivity index (χ0n) is 17.8. The van der Waals surface area contributed by atoms with Crippen molar-refractivity contribution in [2.45, 2.75) is 12.8 Å². The first-order valence-corrected chi connectivity index (χ1v) is 11.1. The highest BCUT2D eigenvalue weighted by atomic mass is 15.1. The van der Waals surface area contributed by atoms with Crippen molar-refractivity contribution in [1.29, 1.82) is 0 Å². The maximum atomic E-state index is 5.78. The van der Waals surface area contributed by atoms with Gasteiger partial charge >= 0.3 is 0 Å². The van der Waals surface area contributed by atoms with Crippen LogP contribution in [0.25, 0.3) is 23.8 Å². The molecule has 3 aromatic carbocycles. The van der Waals surface area contributed by atoms with Gasteiger partial charge in [0.2, 0.25) is 0 Å². The van der Waals surface area contributed by atoms with E-state index >= 15 is 0 Å². The smallest absolute Gasteiger partial charge is 0.0314 e. The Bertz CT molecular complexity index is 1100. The van der Waals surface area contributed by atoms with Gasteiger partial charge in [0.15, 0.2) is 0 Å². The minimum atomic E-state index is 0.811. The van der Waals surface area contributed by atoms with E-state index in [1.165, 1.54) is 33.4 Å². The van der Waals surface area contributed by atoms with Crippen molar-refractivity contribution in [2.24, 2.45) is 0 Å². The maximum absolute atomic E-state index is 5.78. The van der Waals surface area contributed by atoms with Crippen molar-refractivity contribution in [3.63, 3.8) is 0 Å². The molecule has 1 fully saturated rings. The Hall–Kier alpha value is -3.36. The molecule has 0 saturated carbocycles. The Labute approximate surface area is 185 Å². The predicted molar refractivity (Wildman–Crippen MR) is 133 cm³/mol. The minimum Gasteiger partial charge on any atom is -0.399 e. The van der Waals surface area contributed by atoms with E-state index in [0.717, 1.165) is 38.2 Å². The van der Waals surface area contributed by atoms with Gasteiger partial charge in [-0.3, -0.25) is 4.90 Å². The number of hydrogen-bond acceptors (Lipinski definition) is 2. The molecule has 31 heavy (non-hydrogen) atoms. The number of hydrogen-bond donors (Lipinski definition) is 1. The molecule has 0 spiro atoms. The molecule has 2 aliphatic rings. The zero-order valence-corrected chi connectivity index (χ0v) is 17.8. The van der Waals surface area contributed by atoms with Crippen LogP contribution in [0.15, 0.2) is 84.4 Å². The molecule has 154 valence electrons. The molecule has 1 aliphatic carbocycles. The summed E-state index contributed by atoms with van der Waals surface area (Å²) in [6.45, 7) is 3.19.